The Morgan fingerprint density at radius 2 is 1.86 bits per heavy atom. The lowest BCUT2D eigenvalue weighted by Crippen LogP contribution is -2.32. The molecule has 0 saturated carbocycles. The first kappa shape index (κ1) is 29.8. The summed E-state index contributed by atoms with van der Waals surface area (Å²) in [7, 11) is 14.5. The molecule has 6 rings (SSSR count). The van der Waals surface area contributed by atoms with E-state index in [-0.39, 0.29) is 11.8 Å². The van der Waals surface area contributed by atoms with Crippen molar-refractivity contribution < 1.29 is 19.4 Å². The smallest absolute Gasteiger partial charge is 0.354 e. The van der Waals surface area contributed by atoms with E-state index in [1.807, 2.05) is 35.8 Å². The van der Waals surface area contributed by atoms with Gasteiger partial charge in [-0.1, -0.05) is 56.7 Å². The summed E-state index contributed by atoms with van der Waals surface area (Å²) in [6.07, 6.45) is 1.56. The lowest BCUT2D eigenvalue weighted by Gasteiger charge is -2.27. The fourth-order valence-electron chi connectivity index (χ4n) is 5.10. The Kier molecular flexibility index (Phi) is 8.62. The van der Waals surface area contributed by atoms with Crippen molar-refractivity contribution in [1.82, 2.24) is 19.5 Å². The number of hydrogen-bond donors (Lipinski definition) is 1. The van der Waals surface area contributed by atoms with Crippen molar-refractivity contribution in [3.63, 3.8) is 0 Å². The topological polar surface area (TPSA) is 99.4 Å². The number of hydrogen-bond acceptors (Lipinski definition) is 6. The van der Waals surface area contributed by atoms with E-state index in [1.165, 1.54) is 6.07 Å². The number of pyridine rings is 2. The van der Waals surface area contributed by atoms with Crippen LogP contribution in [0.15, 0.2) is 54.6 Å². The standard InChI is InChI=1S/C31H30BN4O4P3/c1-16-2-4-18(21(32)10-16)15-40-30-26(43)13-25(42)28(35-30)20-5-3-17(11-24(20)41)12-27-33-22-6-7-23(31(37)38)34-29(22)36(27)14-19-8-9-39-19/h2-7,10-11,13,19H,8-9,12,14-15,41-43H2,1H3,(H,37,38). The second-order valence-corrected chi connectivity index (χ2v) is 12.5. The fraction of sp³-hybridized carbons (Fsp3) is 0.226. The van der Waals surface area contributed by atoms with E-state index in [9.17, 15) is 9.90 Å². The third-order valence-electron chi connectivity index (χ3n) is 7.51. The number of aromatic nitrogens is 4. The third-order valence-corrected chi connectivity index (χ3v) is 8.85. The molecule has 1 fully saturated rings. The van der Waals surface area contributed by atoms with Crippen LogP contribution in [0.1, 0.15) is 39.4 Å². The molecule has 0 spiro atoms. The summed E-state index contributed by atoms with van der Waals surface area (Å²) in [4.78, 5) is 25.7. The monoisotopic (exact) mass is 626 g/mol. The van der Waals surface area contributed by atoms with Gasteiger partial charge >= 0.3 is 5.97 Å². The predicted octanol–water partition coefficient (Wildman–Crippen LogP) is 2.75. The van der Waals surface area contributed by atoms with E-state index < -0.39 is 5.97 Å². The molecule has 1 saturated heterocycles. The molecule has 12 heteroatoms. The predicted molar refractivity (Wildman–Crippen MR) is 180 cm³/mol. The van der Waals surface area contributed by atoms with Crippen molar-refractivity contribution in [2.24, 2.45) is 0 Å². The number of fused-ring (bicyclic) bond motifs is 1. The molecule has 3 aromatic heterocycles. The lowest BCUT2D eigenvalue weighted by molar-refractivity contribution is -0.0590. The van der Waals surface area contributed by atoms with Gasteiger partial charge in [-0.15, -0.1) is 18.5 Å². The second kappa shape index (κ2) is 12.4. The highest BCUT2D eigenvalue weighted by atomic mass is 31.0. The van der Waals surface area contributed by atoms with Crippen LogP contribution in [0.3, 0.4) is 0 Å². The highest BCUT2D eigenvalue weighted by Crippen LogP contribution is 2.25. The zero-order valence-electron chi connectivity index (χ0n) is 23.6. The maximum Gasteiger partial charge on any atom is 0.354 e. The van der Waals surface area contributed by atoms with Crippen LogP contribution in [0.5, 0.6) is 5.88 Å². The Labute approximate surface area is 258 Å². The van der Waals surface area contributed by atoms with Crippen molar-refractivity contribution in [1.29, 1.82) is 0 Å². The van der Waals surface area contributed by atoms with Crippen LogP contribution < -0.4 is 26.1 Å². The zero-order valence-corrected chi connectivity index (χ0v) is 27.0. The minimum atomic E-state index is -1.07. The highest BCUT2D eigenvalue weighted by Gasteiger charge is 2.23. The lowest BCUT2D eigenvalue weighted by atomic mass is 9.89. The van der Waals surface area contributed by atoms with Crippen LogP contribution in [0, 0.1) is 6.92 Å². The van der Waals surface area contributed by atoms with Gasteiger partial charge in [0.05, 0.1) is 18.3 Å². The van der Waals surface area contributed by atoms with Gasteiger partial charge in [-0.05, 0) is 53.3 Å². The Bertz CT molecular complexity index is 1880. The average molecular weight is 626 g/mol. The van der Waals surface area contributed by atoms with Crippen molar-refractivity contribution in [3.05, 3.63) is 82.8 Å². The van der Waals surface area contributed by atoms with Gasteiger partial charge in [0.1, 0.15) is 25.8 Å². The molecule has 0 amide bonds. The number of carbonyl (C=O) groups is 1. The molecule has 2 aromatic carbocycles. The van der Waals surface area contributed by atoms with Crippen molar-refractivity contribution >= 4 is 74.1 Å². The molecule has 1 aliphatic rings. The van der Waals surface area contributed by atoms with Crippen LogP contribution in [0.4, 0.5) is 0 Å². The van der Waals surface area contributed by atoms with E-state index >= 15 is 0 Å². The van der Waals surface area contributed by atoms with E-state index in [2.05, 4.69) is 50.9 Å². The Balaban J connectivity index is 1.28. The SMILES string of the molecule is [B]c1cc(C)ccc1COc1nc(-c2ccc(Cc3nc4ccc(C(=O)O)nc4n3CC3CCO3)cc2P)c(P)cc1P. The summed E-state index contributed by atoms with van der Waals surface area (Å²) in [6.45, 7) is 3.63. The molecule has 216 valence electrons. The van der Waals surface area contributed by atoms with Crippen molar-refractivity contribution in [3.8, 4) is 17.1 Å². The largest absolute Gasteiger partial charge is 0.477 e. The molecule has 0 bridgehead atoms. The molecular weight excluding hydrogens is 596 g/mol. The van der Waals surface area contributed by atoms with Crippen molar-refractivity contribution in [2.45, 2.75) is 39.0 Å². The van der Waals surface area contributed by atoms with E-state index in [1.54, 1.807) is 6.07 Å². The normalized spacial score (nSPS) is 14.6. The number of ether oxygens (including phenoxy) is 2. The van der Waals surface area contributed by atoms with Gasteiger partial charge in [-0.3, -0.25) is 0 Å². The van der Waals surface area contributed by atoms with E-state index in [0.29, 0.717) is 42.1 Å². The molecule has 4 heterocycles. The van der Waals surface area contributed by atoms with Crippen LogP contribution in [0.2, 0.25) is 0 Å². The molecule has 1 N–H and O–H groups in total. The first-order valence-corrected chi connectivity index (χ1v) is 15.5. The van der Waals surface area contributed by atoms with Gasteiger partial charge in [0.2, 0.25) is 5.88 Å². The summed E-state index contributed by atoms with van der Waals surface area (Å²) >= 11 is 0. The molecule has 4 unspecified atom stereocenters. The number of nitrogens with zero attached hydrogens (tertiary/aromatic N) is 4. The Hall–Kier alpha value is -3.21. The highest BCUT2D eigenvalue weighted by molar-refractivity contribution is 7.30. The second-order valence-electron chi connectivity index (χ2n) is 10.7. The molecule has 5 aromatic rings. The number of aromatic carboxylic acids is 1. The van der Waals surface area contributed by atoms with E-state index in [0.717, 1.165) is 62.7 Å². The average Bonchev–Trinajstić information content (AvgIpc) is 3.27. The first-order chi connectivity index (χ1) is 20.7. The number of carboxylic acids is 1. The number of imidazole rings is 1. The van der Waals surface area contributed by atoms with Crippen molar-refractivity contribution in [2.75, 3.05) is 6.61 Å². The number of aryl methyl sites for hydroxylation is 1. The molecule has 1 aliphatic heterocycles. The minimum Gasteiger partial charge on any atom is -0.477 e. The van der Waals surface area contributed by atoms with Crippen LogP contribution >= 0.6 is 27.7 Å². The Morgan fingerprint density at radius 3 is 2.56 bits per heavy atom. The van der Waals surface area contributed by atoms with Gasteiger partial charge in [0.15, 0.2) is 11.3 Å². The summed E-state index contributed by atoms with van der Waals surface area (Å²) in [5, 5.41) is 12.3. The quantitative estimate of drug-likeness (QED) is 0.199. The molecule has 4 atom stereocenters. The van der Waals surface area contributed by atoms with E-state index in [4.69, 9.17) is 27.3 Å². The third kappa shape index (κ3) is 6.37. The van der Waals surface area contributed by atoms with Crippen LogP contribution in [-0.4, -0.2) is 51.2 Å². The first-order valence-electron chi connectivity index (χ1n) is 13.8. The maximum absolute atomic E-state index is 11.6. The van der Waals surface area contributed by atoms with Gasteiger partial charge in [-0.25, -0.2) is 19.7 Å². The summed E-state index contributed by atoms with van der Waals surface area (Å²) in [6, 6.07) is 17.4. The molecule has 8 nitrogen and oxygen atoms in total. The Morgan fingerprint density at radius 1 is 1.05 bits per heavy atom. The van der Waals surface area contributed by atoms with Gasteiger partial charge in [0.25, 0.3) is 0 Å². The summed E-state index contributed by atoms with van der Waals surface area (Å²) in [5.41, 5.74) is 6.75. The summed E-state index contributed by atoms with van der Waals surface area (Å²) in [5.74, 6) is 0.268. The van der Waals surface area contributed by atoms with Gasteiger partial charge < -0.3 is 19.1 Å². The maximum atomic E-state index is 11.6. The minimum absolute atomic E-state index is 0.00533. The van der Waals surface area contributed by atoms with Gasteiger partial charge in [-0.2, -0.15) is 0 Å². The number of benzene rings is 2. The molecule has 0 aliphatic carbocycles. The van der Waals surface area contributed by atoms with Crippen LogP contribution in [0.25, 0.3) is 22.4 Å². The number of carboxylic acid groups (broad SMARTS) is 1. The molecule has 43 heavy (non-hydrogen) atoms. The molecule has 2 radical (unpaired) electrons. The zero-order chi connectivity index (χ0) is 30.2. The summed E-state index contributed by atoms with van der Waals surface area (Å²) < 4.78 is 13.8. The van der Waals surface area contributed by atoms with Gasteiger partial charge in [0, 0.05) is 23.9 Å². The molecular formula is C31H30BN4O4P3. The van der Waals surface area contributed by atoms with Crippen LogP contribution in [-0.2, 0) is 24.3 Å². The number of rotatable bonds is 9. The fourth-order valence-corrected chi connectivity index (χ4v) is 6.47.